The summed E-state index contributed by atoms with van der Waals surface area (Å²) in [7, 11) is -3.43. The average molecular weight is 277 g/mol. The highest BCUT2D eigenvalue weighted by Crippen LogP contribution is 2.28. The number of carboxylic acids is 1. The Hall–Kier alpha value is -0.660. The molecule has 6 nitrogen and oxygen atoms in total. The number of sulfonamides is 1. The fourth-order valence-corrected chi connectivity index (χ4v) is 4.61. The number of piperidine rings is 1. The van der Waals surface area contributed by atoms with Crippen LogP contribution in [0.5, 0.6) is 0 Å². The Bertz CT molecular complexity index is 415. The third-order valence-electron chi connectivity index (χ3n) is 3.81. The summed E-state index contributed by atoms with van der Waals surface area (Å²) in [6, 6.07) is -0.119. The van der Waals surface area contributed by atoms with Crippen molar-refractivity contribution in [2.45, 2.75) is 37.5 Å². The molecule has 2 saturated heterocycles. The summed E-state index contributed by atoms with van der Waals surface area (Å²) >= 11 is 0. The molecule has 3 unspecified atom stereocenters. The molecular formula is C11H19NO5S. The zero-order valence-electron chi connectivity index (χ0n) is 10.4. The van der Waals surface area contributed by atoms with E-state index in [2.05, 4.69) is 0 Å². The monoisotopic (exact) mass is 277 g/mol. The van der Waals surface area contributed by atoms with Crippen molar-refractivity contribution < 1.29 is 23.1 Å². The van der Waals surface area contributed by atoms with Crippen LogP contribution in [0.25, 0.3) is 0 Å². The van der Waals surface area contributed by atoms with Gasteiger partial charge < -0.3 is 9.84 Å². The van der Waals surface area contributed by atoms with Crippen molar-refractivity contribution in [2.24, 2.45) is 5.92 Å². The molecule has 1 N–H and O–H groups in total. The molecule has 0 aliphatic carbocycles. The predicted octanol–water partition coefficient (Wildman–Crippen LogP) is 0.290. The first-order valence-corrected chi connectivity index (χ1v) is 7.74. The first-order valence-electron chi connectivity index (χ1n) is 6.24. The summed E-state index contributed by atoms with van der Waals surface area (Å²) in [5, 5.41) is 8.52. The topological polar surface area (TPSA) is 83.9 Å². The van der Waals surface area contributed by atoms with Gasteiger partial charge in [-0.05, 0) is 26.2 Å². The van der Waals surface area contributed by atoms with Crippen LogP contribution in [0.4, 0.5) is 0 Å². The maximum atomic E-state index is 12.4. The van der Waals surface area contributed by atoms with Crippen molar-refractivity contribution in [1.29, 1.82) is 0 Å². The number of carboxylic acid groups (broad SMARTS) is 1. The lowest BCUT2D eigenvalue weighted by Crippen LogP contribution is -2.50. The van der Waals surface area contributed by atoms with Crippen molar-refractivity contribution in [1.82, 2.24) is 4.31 Å². The molecule has 0 amide bonds. The molecule has 0 aromatic carbocycles. The van der Waals surface area contributed by atoms with Gasteiger partial charge in [0.1, 0.15) is 5.25 Å². The van der Waals surface area contributed by atoms with Crippen molar-refractivity contribution >= 4 is 16.0 Å². The summed E-state index contributed by atoms with van der Waals surface area (Å²) in [4.78, 5) is 11.0. The molecule has 0 bridgehead atoms. The highest BCUT2D eigenvalue weighted by Gasteiger charge is 2.41. The van der Waals surface area contributed by atoms with E-state index >= 15 is 0 Å². The average Bonchev–Trinajstić information content (AvgIpc) is 2.82. The zero-order valence-corrected chi connectivity index (χ0v) is 11.2. The second-order valence-electron chi connectivity index (χ2n) is 5.06. The number of rotatable bonds is 3. The fraction of sp³-hybridized carbons (Fsp3) is 0.909. The minimum atomic E-state index is -3.43. The minimum absolute atomic E-state index is 0.0926. The number of hydrogen-bond donors (Lipinski definition) is 1. The van der Waals surface area contributed by atoms with Crippen LogP contribution in [0.2, 0.25) is 0 Å². The van der Waals surface area contributed by atoms with Gasteiger partial charge in [0.15, 0.2) is 0 Å². The van der Waals surface area contributed by atoms with Crippen molar-refractivity contribution in [2.75, 3.05) is 19.8 Å². The summed E-state index contributed by atoms with van der Waals surface area (Å²) in [5.41, 5.74) is 0. The van der Waals surface area contributed by atoms with Gasteiger partial charge in [-0.2, -0.15) is 4.31 Å². The third kappa shape index (κ3) is 2.53. The quantitative estimate of drug-likeness (QED) is 0.801. The molecule has 0 radical (unpaired) electrons. The Kier molecular flexibility index (Phi) is 3.93. The van der Waals surface area contributed by atoms with Crippen molar-refractivity contribution in [3.8, 4) is 0 Å². The van der Waals surface area contributed by atoms with Crippen LogP contribution >= 0.6 is 0 Å². The van der Waals surface area contributed by atoms with Crippen LogP contribution in [-0.4, -0.2) is 54.8 Å². The van der Waals surface area contributed by atoms with E-state index in [1.165, 1.54) is 4.31 Å². The Morgan fingerprint density at radius 2 is 2.06 bits per heavy atom. The number of hydrogen-bond acceptors (Lipinski definition) is 4. The Labute approximate surface area is 107 Å². The molecule has 0 aromatic heterocycles. The summed E-state index contributed by atoms with van der Waals surface area (Å²) < 4.78 is 31.3. The number of aliphatic carboxylic acids is 1. The molecule has 2 aliphatic rings. The fourth-order valence-electron chi connectivity index (χ4n) is 2.57. The van der Waals surface area contributed by atoms with E-state index in [1.54, 1.807) is 0 Å². The Balaban J connectivity index is 2.16. The number of carbonyl (C=O) groups is 1. The molecule has 7 heteroatoms. The molecule has 18 heavy (non-hydrogen) atoms. The molecule has 0 saturated carbocycles. The second kappa shape index (κ2) is 5.14. The SMILES string of the molecule is CC1CCC(C(=O)O)CN1S(=O)(=O)C1CCOC1. The highest BCUT2D eigenvalue weighted by molar-refractivity contribution is 7.89. The molecule has 2 rings (SSSR count). The van der Waals surface area contributed by atoms with E-state index in [1.807, 2.05) is 6.92 Å². The molecule has 2 aliphatic heterocycles. The van der Waals surface area contributed by atoms with Crippen LogP contribution in [0, 0.1) is 5.92 Å². The summed E-state index contributed by atoms with van der Waals surface area (Å²) in [6.07, 6.45) is 1.65. The highest BCUT2D eigenvalue weighted by atomic mass is 32.2. The van der Waals surface area contributed by atoms with Crippen LogP contribution < -0.4 is 0 Å². The molecule has 0 spiro atoms. The van der Waals surface area contributed by atoms with Gasteiger partial charge in [0.25, 0.3) is 0 Å². The van der Waals surface area contributed by atoms with Gasteiger partial charge in [0, 0.05) is 19.2 Å². The molecular weight excluding hydrogens is 258 g/mol. The van der Waals surface area contributed by atoms with Crippen molar-refractivity contribution in [3.63, 3.8) is 0 Å². The molecule has 2 heterocycles. The lowest BCUT2D eigenvalue weighted by atomic mass is 9.96. The predicted molar refractivity (Wildman–Crippen MR) is 64.7 cm³/mol. The summed E-state index contributed by atoms with van der Waals surface area (Å²) in [6.45, 7) is 2.62. The molecule has 3 atom stereocenters. The van der Waals surface area contributed by atoms with E-state index in [4.69, 9.17) is 9.84 Å². The van der Waals surface area contributed by atoms with Crippen LogP contribution in [-0.2, 0) is 19.6 Å². The van der Waals surface area contributed by atoms with Gasteiger partial charge >= 0.3 is 5.97 Å². The first kappa shape index (κ1) is 13.8. The lowest BCUT2D eigenvalue weighted by molar-refractivity contribution is -0.143. The molecule has 2 fully saturated rings. The van der Waals surface area contributed by atoms with Gasteiger partial charge in [0.2, 0.25) is 10.0 Å². The van der Waals surface area contributed by atoms with Crippen molar-refractivity contribution in [3.05, 3.63) is 0 Å². The zero-order chi connectivity index (χ0) is 13.3. The van der Waals surface area contributed by atoms with Gasteiger partial charge in [-0.15, -0.1) is 0 Å². The minimum Gasteiger partial charge on any atom is -0.481 e. The smallest absolute Gasteiger partial charge is 0.307 e. The van der Waals surface area contributed by atoms with Gasteiger partial charge in [-0.25, -0.2) is 8.42 Å². The van der Waals surface area contributed by atoms with E-state index in [0.29, 0.717) is 25.9 Å². The van der Waals surface area contributed by atoms with Gasteiger partial charge in [0.05, 0.1) is 12.5 Å². The van der Waals surface area contributed by atoms with Crippen LogP contribution in [0.1, 0.15) is 26.2 Å². The lowest BCUT2D eigenvalue weighted by Gasteiger charge is -2.36. The third-order valence-corrected chi connectivity index (χ3v) is 6.19. The normalized spacial score (nSPS) is 34.6. The van der Waals surface area contributed by atoms with Crippen LogP contribution in [0.3, 0.4) is 0 Å². The molecule has 104 valence electrons. The number of nitrogens with zero attached hydrogens (tertiary/aromatic N) is 1. The molecule has 0 aromatic rings. The standard InChI is InChI=1S/C11H19NO5S/c1-8-2-3-9(11(13)14)6-12(8)18(15,16)10-4-5-17-7-10/h8-10H,2-7H2,1H3,(H,13,14). The maximum Gasteiger partial charge on any atom is 0.307 e. The number of ether oxygens (including phenoxy) is 1. The first-order chi connectivity index (χ1) is 8.43. The van der Waals surface area contributed by atoms with E-state index in [0.717, 1.165) is 0 Å². The van der Waals surface area contributed by atoms with E-state index in [-0.39, 0.29) is 19.2 Å². The van der Waals surface area contributed by atoms with Gasteiger partial charge in [-0.1, -0.05) is 0 Å². The van der Waals surface area contributed by atoms with Gasteiger partial charge in [-0.3, -0.25) is 4.79 Å². The van der Waals surface area contributed by atoms with E-state index < -0.39 is 27.2 Å². The largest absolute Gasteiger partial charge is 0.481 e. The van der Waals surface area contributed by atoms with Crippen LogP contribution in [0.15, 0.2) is 0 Å². The maximum absolute atomic E-state index is 12.4. The Morgan fingerprint density at radius 1 is 1.33 bits per heavy atom. The van der Waals surface area contributed by atoms with E-state index in [9.17, 15) is 13.2 Å². The Morgan fingerprint density at radius 3 is 2.61 bits per heavy atom. The second-order valence-corrected chi connectivity index (χ2v) is 7.23. The summed E-state index contributed by atoms with van der Waals surface area (Å²) in [5.74, 6) is -1.50.